The van der Waals surface area contributed by atoms with Gasteiger partial charge in [-0.15, -0.1) is 0 Å². The van der Waals surface area contributed by atoms with Crippen LogP contribution in [0.15, 0.2) is 72.9 Å². The quantitative estimate of drug-likeness (QED) is 0.299. The molecule has 0 spiro atoms. The smallest absolute Gasteiger partial charge is 0.228 e. The molecule has 1 aliphatic carbocycles. The number of pyridine rings is 1. The van der Waals surface area contributed by atoms with Crippen molar-refractivity contribution in [2.45, 2.75) is 26.9 Å². The zero-order chi connectivity index (χ0) is 25.3. The van der Waals surface area contributed by atoms with E-state index in [-0.39, 0.29) is 23.0 Å². The molecular formula is C29H27FN2O4. The molecule has 7 heteroatoms. The molecule has 1 aromatic heterocycles. The lowest BCUT2D eigenvalue weighted by Crippen LogP contribution is -2.16. The Labute approximate surface area is 209 Å². The summed E-state index contributed by atoms with van der Waals surface area (Å²) in [7, 11) is 1.56. The van der Waals surface area contributed by atoms with Gasteiger partial charge in [0.05, 0.1) is 12.6 Å². The Kier molecular flexibility index (Phi) is 6.22. The lowest BCUT2D eigenvalue weighted by molar-refractivity contribution is -0.118. The van der Waals surface area contributed by atoms with Crippen molar-refractivity contribution >= 4 is 22.5 Å². The van der Waals surface area contributed by atoms with E-state index < -0.39 is 5.82 Å². The number of amides is 1. The molecule has 3 aromatic carbocycles. The Balaban J connectivity index is 1.36. The number of anilines is 1. The molecule has 1 amide bonds. The van der Waals surface area contributed by atoms with Crippen molar-refractivity contribution in [2.75, 3.05) is 12.4 Å². The van der Waals surface area contributed by atoms with Crippen molar-refractivity contribution in [1.29, 1.82) is 0 Å². The first-order valence-electron chi connectivity index (χ1n) is 11.8. The predicted octanol–water partition coefficient (Wildman–Crippen LogP) is 6.74. The van der Waals surface area contributed by atoms with Crippen molar-refractivity contribution in [2.24, 2.45) is 11.3 Å². The maximum atomic E-state index is 14.9. The van der Waals surface area contributed by atoms with Crippen LogP contribution in [-0.4, -0.2) is 18.0 Å². The van der Waals surface area contributed by atoms with E-state index in [1.165, 1.54) is 12.1 Å². The summed E-state index contributed by atoms with van der Waals surface area (Å²) < 4.78 is 32.3. The summed E-state index contributed by atoms with van der Waals surface area (Å²) in [5.41, 5.74) is 2.05. The molecule has 0 unspecified atom stereocenters. The van der Waals surface area contributed by atoms with Crippen LogP contribution in [0.2, 0.25) is 0 Å². The molecule has 1 N–H and O–H groups in total. The van der Waals surface area contributed by atoms with Gasteiger partial charge in [-0.3, -0.25) is 9.78 Å². The molecule has 0 aliphatic heterocycles. The molecular weight excluding hydrogens is 459 g/mol. The van der Waals surface area contributed by atoms with Gasteiger partial charge >= 0.3 is 0 Å². The zero-order valence-corrected chi connectivity index (χ0v) is 20.4. The van der Waals surface area contributed by atoms with Crippen molar-refractivity contribution in [3.8, 4) is 23.0 Å². The van der Waals surface area contributed by atoms with Crippen LogP contribution in [0.25, 0.3) is 10.9 Å². The highest BCUT2D eigenvalue weighted by Crippen LogP contribution is 2.52. The summed E-state index contributed by atoms with van der Waals surface area (Å²) in [6, 6.07) is 19.4. The first kappa shape index (κ1) is 23.6. The minimum Gasteiger partial charge on any atom is -0.493 e. The third kappa shape index (κ3) is 4.96. The summed E-state index contributed by atoms with van der Waals surface area (Å²) in [6.07, 6.45) is 2.43. The van der Waals surface area contributed by atoms with Crippen molar-refractivity contribution in [3.05, 3.63) is 84.3 Å². The second kappa shape index (κ2) is 9.49. The molecule has 5 rings (SSSR count). The summed E-state index contributed by atoms with van der Waals surface area (Å²) >= 11 is 0. The van der Waals surface area contributed by atoms with Crippen LogP contribution >= 0.6 is 0 Å². The topological polar surface area (TPSA) is 69.7 Å². The van der Waals surface area contributed by atoms with Crippen LogP contribution in [0, 0.1) is 17.2 Å². The van der Waals surface area contributed by atoms with Gasteiger partial charge in [-0.25, -0.2) is 4.39 Å². The number of nitrogens with zero attached hydrogens (tertiary/aromatic N) is 1. The Bertz CT molecular complexity index is 1420. The number of halogens is 1. The number of ether oxygens (including phenoxy) is 3. The first-order chi connectivity index (χ1) is 17.3. The Morgan fingerprint density at radius 3 is 2.50 bits per heavy atom. The highest BCUT2D eigenvalue weighted by molar-refractivity contribution is 5.95. The largest absolute Gasteiger partial charge is 0.493 e. The molecule has 0 saturated heterocycles. The number of fused-ring (bicyclic) bond motifs is 1. The molecule has 1 heterocycles. The number of rotatable bonds is 8. The Morgan fingerprint density at radius 1 is 1.03 bits per heavy atom. The summed E-state index contributed by atoms with van der Waals surface area (Å²) in [6.45, 7) is 4.47. The van der Waals surface area contributed by atoms with E-state index >= 15 is 0 Å². The number of carbonyl (C=O) groups excluding carboxylic acids is 1. The molecule has 0 bridgehead atoms. The van der Waals surface area contributed by atoms with E-state index in [4.69, 9.17) is 14.2 Å². The van der Waals surface area contributed by atoms with Crippen LogP contribution < -0.4 is 19.5 Å². The van der Waals surface area contributed by atoms with Gasteiger partial charge in [-0.2, -0.15) is 0 Å². The van der Waals surface area contributed by atoms with E-state index in [2.05, 4.69) is 10.3 Å². The molecule has 4 aromatic rings. The lowest BCUT2D eigenvalue weighted by atomic mass is 10.1. The van der Waals surface area contributed by atoms with Crippen LogP contribution in [0.3, 0.4) is 0 Å². The van der Waals surface area contributed by atoms with Crippen molar-refractivity contribution in [3.63, 3.8) is 0 Å². The van der Waals surface area contributed by atoms with E-state index in [0.717, 1.165) is 12.0 Å². The maximum absolute atomic E-state index is 14.9. The van der Waals surface area contributed by atoms with E-state index in [1.54, 1.807) is 37.6 Å². The summed E-state index contributed by atoms with van der Waals surface area (Å²) in [5, 5.41) is 3.44. The minimum atomic E-state index is -0.581. The van der Waals surface area contributed by atoms with Gasteiger partial charge in [-0.05, 0) is 41.7 Å². The second-order valence-corrected chi connectivity index (χ2v) is 9.59. The fraction of sp³-hybridized carbons (Fsp3) is 0.241. The molecule has 1 aliphatic rings. The predicted molar refractivity (Wildman–Crippen MR) is 136 cm³/mol. The highest BCUT2D eigenvalue weighted by atomic mass is 19.1. The number of methoxy groups -OCH3 is 1. The lowest BCUT2D eigenvalue weighted by Gasteiger charge is -2.14. The molecule has 0 radical (unpaired) electrons. The first-order valence-corrected chi connectivity index (χ1v) is 11.8. The van der Waals surface area contributed by atoms with Gasteiger partial charge in [0.2, 0.25) is 5.91 Å². The van der Waals surface area contributed by atoms with Gasteiger partial charge in [0.25, 0.3) is 0 Å². The van der Waals surface area contributed by atoms with E-state index in [1.807, 2.05) is 44.2 Å². The average Bonchev–Trinajstić information content (AvgIpc) is 3.52. The third-order valence-corrected chi connectivity index (χ3v) is 6.47. The maximum Gasteiger partial charge on any atom is 0.228 e. The minimum absolute atomic E-state index is 0.00158. The van der Waals surface area contributed by atoms with Crippen LogP contribution in [0.4, 0.5) is 10.1 Å². The van der Waals surface area contributed by atoms with Gasteiger partial charge in [-0.1, -0.05) is 44.2 Å². The third-order valence-electron chi connectivity index (χ3n) is 6.47. The highest BCUT2D eigenvalue weighted by Gasteiger charge is 2.50. The van der Waals surface area contributed by atoms with Gasteiger partial charge in [0, 0.05) is 35.3 Å². The molecule has 1 fully saturated rings. The van der Waals surface area contributed by atoms with Crippen LogP contribution in [-0.2, 0) is 11.4 Å². The number of aromatic nitrogens is 1. The Hall–Kier alpha value is -4.13. The van der Waals surface area contributed by atoms with Crippen molar-refractivity contribution in [1.82, 2.24) is 4.98 Å². The standard InChI is InChI=1S/C29H27FN2O4/c1-29(2)16-21(29)28(33)32-19-9-10-25(22(30)13-19)36-24-11-12-31-23-15-27(26(34-3)14-20(23)24)35-17-18-7-5-4-6-8-18/h4-15,21H,16-17H2,1-3H3,(H,32,33)/t21-/m1/s1. The van der Waals surface area contributed by atoms with Crippen LogP contribution in [0.1, 0.15) is 25.8 Å². The molecule has 1 saturated carbocycles. The van der Waals surface area contributed by atoms with Gasteiger partial charge in [0.15, 0.2) is 23.1 Å². The van der Waals surface area contributed by atoms with Crippen molar-refractivity contribution < 1.29 is 23.4 Å². The Morgan fingerprint density at radius 2 is 1.81 bits per heavy atom. The SMILES string of the molecule is COc1cc2c(Oc3ccc(NC(=O)[C@H]4CC4(C)C)cc3F)ccnc2cc1OCc1ccccc1. The van der Waals surface area contributed by atoms with Crippen LogP contribution in [0.5, 0.6) is 23.0 Å². The molecule has 184 valence electrons. The fourth-order valence-corrected chi connectivity index (χ4v) is 4.15. The van der Waals surface area contributed by atoms with Gasteiger partial charge in [0.1, 0.15) is 12.4 Å². The summed E-state index contributed by atoms with van der Waals surface area (Å²) in [5.74, 6) is 0.796. The average molecular weight is 487 g/mol. The number of hydrogen-bond donors (Lipinski definition) is 1. The normalized spacial score (nSPS) is 15.8. The molecule has 1 atom stereocenters. The monoisotopic (exact) mass is 486 g/mol. The van der Waals surface area contributed by atoms with E-state index in [9.17, 15) is 9.18 Å². The number of carbonyl (C=O) groups is 1. The zero-order valence-electron chi connectivity index (χ0n) is 20.4. The molecule has 6 nitrogen and oxygen atoms in total. The second-order valence-electron chi connectivity index (χ2n) is 9.59. The number of hydrogen-bond acceptors (Lipinski definition) is 5. The van der Waals surface area contributed by atoms with Gasteiger partial charge < -0.3 is 19.5 Å². The fourth-order valence-electron chi connectivity index (χ4n) is 4.15. The number of nitrogens with one attached hydrogen (secondary N) is 1. The summed E-state index contributed by atoms with van der Waals surface area (Å²) in [4.78, 5) is 16.8. The number of benzene rings is 3. The van der Waals surface area contributed by atoms with E-state index in [0.29, 0.717) is 40.4 Å². The molecule has 36 heavy (non-hydrogen) atoms.